The second-order valence-electron chi connectivity index (χ2n) is 4.78. The molecule has 0 spiro atoms. The Morgan fingerprint density at radius 2 is 1.81 bits per heavy atom. The summed E-state index contributed by atoms with van der Waals surface area (Å²) in [4.78, 5) is 35.3. The third-order valence-electron chi connectivity index (χ3n) is 1.97. The molecule has 0 aliphatic carbocycles. The fraction of sp³-hybridized carbons (Fsp3) is 0.700. The highest BCUT2D eigenvalue weighted by Crippen LogP contribution is 2.00. The number of carbonyl (C=O) groups is 3. The van der Waals surface area contributed by atoms with Crippen LogP contribution in [-0.2, 0) is 14.4 Å². The lowest BCUT2D eigenvalue weighted by molar-refractivity contribution is -0.149. The van der Waals surface area contributed by atoms with Gasteiger partial charge in [0.25, 0.3) is 0 Å². The topological polar surface area (TPSA) is 78.5 Å². The maximum Gasteiger partial charge on any atom is 0.243 e. The molecule has 1 saturated heterocycles. The van der Waals surface area contributed by atoms with Crippen LogP contribution >= 0.6 is 0 Å². The van der Waals surface area contributed by atoms with E-state index in [1.54, 1.807) is 0 Å². The Kier molecular flexibility index (Phi) is 3.64. The SMILES string of the molecule is CC(C)(C)NC(=O)CN1C(=O)CNCC1=O. The Morgan fingerprint density at radius 3 is 2.25 bits per heavy atom. The third kappa shape index (κ3) is 3.62. The van der Waals surface area contributed by atoms with Crippen molar-refractivity contribution in [3.63, 3.8) is 0 Å². The number of nitrogens with one attached hydrogen (secondary N) is 2. The van der Waals surface area contributed by atoms with Gasteiger partial charge < -0.3 is 5.32 Å². The van der Waals surface area contributed by atoms with Crippen molar-refractivity contribution in [2.45, 2.75) is 26.3 Å². The van der Waals surface area contributed by atoms with Crippen molar-refractivity contribution in [1.29, 1.82) is 0 Å². The quantitative estimate of drug-likeness (QED) is 0.584. The number of amides is 3. The van der Waals surface area contributed by atoms with E-state index in [4.69, 9.17) is 0 Å². The Morgan fingerprint density at radius 1 is 1.31 bits per heavy atom. The summed E-state index contributed by atoms with van der Waals surface area (Å²) >= 11 is 0. The van der Waals surface area contributed by atoms with Gasteiger partial charge in [0.1, 0.15) is 6.54 Å². The molecule has 1 fully saturated rings. The van der Waals surface area contributed by atoms with Crippen LogP contribution in [0.15, 0.2) is 0 Å². The Bertz CT molecular complexity index is 304. The molecule has 6 nitrogen and oxygen atoms in total. The summed E-state index contributed by atoms with van der Waals surface area (Å²) in [5.74, 6) is -1.04. The number of nitrogens with zero attached hydrogens (tertiary/aromatic N) is 1. The summed E-state index contributed by atoms with van der Waals surface area (Å²) in [5, 5.41) is 5.37. The van der Waals surface area contributed by atoms with Crippen LogP contribution in [0.5, 0.6) is 0 Å². The minimum absolute atomic E-state index is 0.106. The van der Waals surface area contributed by atoms with Crippen LogP contribution in [0.3, 0.4) is 0 Å². The first-order chi connectivity index (χ1) is 7.29. The average molecular weight is 227 g/mol. The van der Waals surface area contributed by atoms with Crippen LogP contribution in [0.2, 0.25) is 0 Å². The molecule has 1 heterocycles. The van der Waals surface area contributed by atoms with E-state index in [-0.39, 0.29) is 42.9 Å². The van der Waals surface area contributed by atoms with Gasteiger partial charge >= 0.3 is 0 Å². The highest BCUT2D eigenvalue weighted by molar-refractivity contribution is 6.02. The van der Waals surface area contributed by atoms with Crippen LogP contribution < -0.4 is 10.6 Å². The van der Waals surface area contributed by atoms with Crippen LogP contribution in [-0.4, -0.2) is 47.8 Å². The summed E-state index contributed by atoms with van der Waals surface area (Å²) < 4.78 is 0. The molecule has 0 aromatic heterocycles. The van der Waals surface area contributed by atoms with Gasteiger partial charge in [-0.15, -0.1) is 0 Å². The van der Waals surface area contributed by atoms with Crippen molar-refractivity contribution >= 4 is 17.7 Å². The lowest BCUT2D eigenvalue weighted by Crippen LogP contribution is -2.56. The number of imide groups is 1. The molecular formula is C10H17N3O3. The zero-order valence-corrected chi connectivity index (χ0v) is 9.79. The minimum Gasteiger partial charge on any atom is -0.350 e. The van der Waals surface area contributed by atoms with E-state index in [0.717, 1.165) is 4.90 Å². The first-order valence-corrected chi connectivity index (χ1v) is 5.14. The standard InChI is InChI=1S/C10H17N3O3/c1-10(2,3)12-7(14)6-13-8(15)4-11-5-9(13)16/h11H,4-6H2,1-3H3,(H,12,14). The van der Waals surface area contributed by atoms with Gasteiger partial charge in [-0.05, 0) is 20.8 Å². The molecule has 0 radical (unpaired) electrons. The Balaban J connectivity index is 2.55. The van der Waals surface area contributed by atoms with Crippen molar-refractivity contribution in [2.75, 3.05) is 19.6 Å². The molecule has 16 heavy (non-hydrogen) atoms. The molecule has 0 aromatic carbocycles. The van der Waals surface area contributed by atoms with E-state index in [1.165, 1.54) is 0 Å². The van der Waals surface area contributed by atoms with E-state index in [0.29, 0.717) is 0 Å². The number of piperazine rings is 1. The van der Waals surface area contributed by atoms with E-state index in [2.05, 4.69) is 10.6 Å². The zero-order chi connectivity index (χ0) is 12.3. The number of hydrogen-bond donors (Lipinski definition) is 2. The highest BCUT2D eigenvalue weighted by atomic mass is 16.2. The van der Waals surface area contributed by atoms with E-state index in [1.807, 2.05) is 20.8 Å². The molecule has 90 valence electrons. The van der Waals surface area contributed by atoms with E-state index >= 15 is 0 Å². The summed E-state index contributed by atoms with van der Waals surface area (Å²) in [6, 6.07) is 0. The zero-order valence-electron chi connectivity index (χ0n) is 9.79. The van der Waals surface area contributed by atoms with Crippen molar-refractivity contribution < 1.29 is 14.4 Å². The molecule has 0 atom stereocenters. The molecule has 1 aliphatic rings. The molecule has 0 unspecified atom stereocenters. The Hall–Kier alpha value is -1.43. The maximum atomic E-state index is 11.5. The second-order valence-corrected chi connectivity index (χ2v) is 4.78. The van der Waals surface area contributed by atoms with Gasteiger partial charge in [0, 0.05) is 5.54 Å². The van der Waals surface area contributed by atoms with Gasteiger partial charge in [0.2, 0.25) is 17.7 Å². The predicted molar refractivity (Wildman–Crippen MR) is 57.5 cm³/mol. The van der Waals surface area contributed by atoms with Gasteiger partial charge in [0.05, 0.1) is 13.1 Å². The van der Waals surface area contributed by atoms with Crippen molar-refractivity contribution in [1.82, 2.24) is 15.5 Å². The van der Waals surface area contributed by atoms with Crippen LogP contribution in [0.25, 0.3) is 0 Å². The Labute approximate surface area is 94.4 Å². The molecule has 0 saturated carbocycles. The molecule has 0 aromatic rings. The van der Waals surface area contributed by atoms with Crippen LogP contribution in [0.4, 0.5) is 0 Å². The summed E-state index contributed by atoms with van der Waals surface area (Å²) in [6.07, 6.45) is 0. The van der Waals surface area contributed by atoms with Crippen molar-refractivity contribution in [3.05, 3.63) is 0 Å². The smallest absolute Gasteiger partial charge is 0.243 e. The van der Waals surface area contributed by atoms with Crippen LogP contribution in [0, 0.1) is 0 Å². The number of hydrogen-bond acceptors (Lipinski definition) is 4. The van der Waals surface area contributed by atoms with Gasteiger partial charge in [0.15, 0.2) is 0 Å². The summed E-state index contributed by atoms with van der Waals surface area (Å²) in [7, 11) is 0. The van der Waals surface area contributed by atoms with Crippen molar-refractivity contribution in [3.8, 4) is 0 Å². The number of rotatable bonds is 2. The fourth-order valence-electron chi connectivity index (χ4n) is 1.38. The lowest BCUT2D eigenvalue weighted by Gasteiger charge is -2.27. The summed E-state index contributed by atoms with van der Waals surface area (Å²) in [5.41, 5.74) is -0.364. The van der Waals surface area contributed by atoms with Gasteiger partial charge in [-0.3, -0.25) is 24.6 Å². The monoisotopic (exact) mass is 227 g/mol. The normalized spacial score (nSPS) is 17.6. The first kappa shape index (κ1) is 12.6. The average Bonchev–Trinajstić information content (AvgIpc) is 2.08. The fourth-order valence-corrected chi connectivity index (χ4v) is 1.38. The largest absolute Gasteiger partial charge is 0.350 e. The molecule has 2 N–H and O–H groups in total. The predicted octanol–water partition coefficient (Wildman–Crippen LogP) is -1.14. The third-order valence-corrected chi connectivity index (χ3v) is 1.97. The molecule has 1 aliphatic heterocycles. The molecule has 0 bridgehead atoms. The molecule has 3 amide bonds. The van der Waals surface area contributed by atoms with E-state index < -0.39 is 0 Å². The minimum atomic E-state index is -0.364. The van der Waals surface area contributed by atoms with Crippen LogP contribution in [0.1, 0.15) is 20.8 Å². The molecule has 6 heteroatoms. The number of carbonyl (C=O) groups excluding carboxylic acids is 3. The van der Waals surface area contributed by atoms with Gasteiger partial charge in [-0.1, -0.05) is 0 Å². The van der Waals surface area contributed by atoms with Gasteiger partial charge in [-0.2, -0.15) is 0 Å². The first-order valence-electron chi connectivity index (χ1n) is 5.14. The lowest BCUT2D eigenvalue weighted by atomic mass is 10.1. The molecule has 1 rings (SSSR count). The maximum absolute atomic E-state index is 11.5. The summed E-state index contributed by atoms with van der Waals surface area (Å²) in [6.45, 7) is 5.53. The van der Waals surface area contributed by atoms with Gasteiger partial charge in [-0.25, -0.2) is 0 Å². The highest BCUT2D eigenvalue weighted by Gasteiger charge is 2.28. The molecular weight excluding hydrogens is 210 g/mol. The van der Waals surface area contributed by atoms with Crippen molar-refractivity contribution in [2.24, 2.45) is 0 Å². The van der Waals surface area contributed by atoms with E-state index in [9.17, 15) is 14.4 Å². The second kappa shape index (κ2) is 4.61.